The van der Waals surface area contributed by atoms with E-state index in [1.807, 2.05) is 0 Å². The van der Waals surface area contributed by atoms with E-state index in [1.165, 1.54) is 16.7 Å². The molecular formula is C16H24N2O2. The van der Waals surface area contributed by atoms with Gasteiger partial charge in [-0.25, -0.2) is 0 Å². The molecule has 0 aliphatic heterocycles. The summed E-state index contributed by atoms with van der Waals surface area (Å²) in [5, 5.41) is 3.35. The lowest BCUT2D eigenvalue weighted by atomic mass is 9.80. The Morgan fingerprint density at radius 1 is 1.50 bits per heavy atom. The molecule has 1 aromatic carbocycles. The molecule has 1 atom stereocenters. The van der Waals surface area contributed by atoms with Crippen LogP contribution in [0.2, 0.25) is 0 Å². The Labute approximate surface area is 120 Å². The number of primary amides is 1. The number of rotatable bonds is 7. The van der Waals surface area contributed by atoms with E-state index < -0.39 is 0 Å². The Morgan fingerprint density at radius 2 is 2.35 bits per heavy atom. The summed E-state index contributed by atoms with van der Waals surface area (Å²) in [4.78, 5) is 11.1. The van der Waals surface area contributed by atoms with Crippen LogP contribution in [0.15, 0.2) is 18.2 Å². The maximum atomic E-state index is 11.1. The minimum Gasteiger partial charge on any atom is -0.383 e. The zero-order valence-electron chi connectivity index (χ0n) is 12.2. The van der Waals surface area contributed by atoms with Crippen LogP contribution in [0, 0.1) is 0 Å². The first-order valence-corrected chi connectivity index (χ1v) is 7.30. The molecular weight excluding hydrogens is 252 g/mol. The smallest absolute Gasteiger partial charge is 0.218 e. The molecule has 1 aliphatic carbocycles. The van der Waals surface area contributed by atoms with Crippen molar-refractivity contribution in [1.82, 2.24) is 5.32 Å². The van der Waals surface area contributed by atoms with Crippen molar-refractivity contribution < 1.29 is 9.53 Å². The van der Waals surface area contributed by atoms with Gasteiger partial charge in [0.1, 0.15) is 0 Å². The Kier molecular flexibility index (Phi) is 5.56. The first-order chi connectivity index (χ1) is 9.70. The third kappa shape index (κ3) is 4.05. The number of carbonyl (C=O) groups is 1. The molecule has 0 bridgehead atoms. The lowest BCUT2D eigenvalue weighted by molar-refractivity contribution is -0.118. The first kappa shape index (κ1) is 15.0. The van der Waals surface area contributed by atoms with Crippen LogP contribution in [0.25, 0.3) is 0 Å². The normalized spacial score (nSPS) is 17.8. The summed E-state index contributed by atoms with van der Waals surface area (Å²) in [6, 6.07) is 6.59. The van der Waals surface area contributed by atoms with Crippen molar-refractivity contribution in [1.29, 1.82) is 0 Å². The number of nitrogens with one attached hydrogen (secondary N) is 1. The molecule has 1 amide bonds. The van der Waals surface area contributed by atoms with Gasteiger partial charge in [0.2, 0.25) is 5.91 Å². The van der Waals surface area contributed by atoms with E-state index in [1.54, 1.807) is 7.11 Å². The van der Waals surface area contributed by atoms with Gasteiger partial charge >= 0.3 is 0 Å². The molecule has 20 heavy (non-hydrogen) atoms. The van der Waals surface area contributed by atoms with Crippen molar-refractivity contribution in [2.24, 2.45) is 5.73 Å². The van der Waals surface area contributed by atoms with Gasteiger partial charge in [-0.3, -0.25) is 4.79 Å². The van der Waals surface area contributed by atoms with E-state index in [2.05, 4.69) is 23.5 Å². The molecule has 4 heteroatoms. The molecule has 0 heterocycles. The summed E-state index contributed by atoms with van der Waals surface area (Å²) in [5.41, 5.74) is 9.33. The predicted molar refractivity (Wildman–Crippen MR) is 79.5 cm³/mol. The lowest BCUT2D eigenvalue weighted by Gasteiger charge is -2.25. The van der Waals surface area contributed by atoms with Gasteiger partial charge in [-0.2, -0.15) is 0 Å². The average Bonchev–Trinajstić information content (AvgIpc) is 2.43. The first-order valence-electron chi connectivity index (χ1n) is 7.30. The molecule has 110 valence electrons. The van der Waals surface area contributed by atoms with E-state index in [9.17, 15) is 4.79 Å². The van der Waals surface area contributed by atoms with Crippen LogP contribution in [0.5, 0.6) is 0 Å². The fourth-order valence-corrected chi connectivity index (χ4v) is 2.94. The maximum Gasteiger partial charge on any atom is 0.218 e. The Hall–Kier alpha value is -1.39. The molecule has 1 aliphatic rings. The number of amides is 1. The summed E-state index contributed by atoms with van der Waals surface area (Å²) in [5.74, 6) is 0.111. The minimum absolute atomic E-state index is 0.201. The number of benzene rings is 1. The van der Waals surface area contributed by atoms with E-state index >= 15 is 0 Å². The predicted octanol–water partition coefficient (Wildman–Crippen LogP) is 1.72. The van der Waals surface area contributed by atoms with Crippen molar-refractivity contribution in [3.8, 4) is 0 Å². The van der Waals surface area contributed by atoms with E-state index in [0.717, 1.165) is 39.0 Å². The lowest BCUT2D eigenvalue weighted by Crippen LogP contribution is -2.20. The van der Waals surface area contributed by atoms with Crippen LogP contribution in [0.1, 0.15) is 41.9 Å². The monoisotopic (exact) mass is 276 g/mol. The quantitative estimate of drug-likeness (QED) is 0.745. The third-order valence-electron chi connectivity index (χ3n) is 3.91. The second-order valence-electron chi connectivity index (χ2n) is 5.46. The van der Waals surface area contributed by atoms with E-state index in [-0.39, 0.29) is 5.91 Å². The fraction of sp³-hybridized carbons (Fsp3) is 0.562. The van der Waals surface area contributed by atoms with Crippen LogP contribution in [0.3, 0.4) is 0 Å². The molecule has 0 saturated carbocycles. The molecule has 1 aromatic rings. The van der Waals surface area contributed by atoms with Gasteiger partial charge in [0.15, 0.2) is 0 Å². The van der Waals surface area contributed by atoms with Gasteiger partial charge < -0.3 is 15.8 Å². The number of hydrogen-bond acceptors (Lipinski definition) is 3. The summed E-state index contributed by atoms with van der Waals surface area (Å²) in [6.45, 7) is 2.45. The van der Waals surface area contributed by atoms with Crippen LogP contribution in [-0.2, 0) is 22.5 Å². The summed E-state index contributed by atoms with van der Waals surface area (Å²) >= 11 is 0. The van der Waals surface area contributed by atoms with Crippen LogP contribution >= 0.6 is 0 Å². The highest BCUT2D eigenvalue weighted by molar-refractivity contribution is 5.75. The Balaban J connectivity index is 2.01. The molecule has 0 fully saturated rings. The molecule has 0 spiro atoms. The largest absolute Gasteiger partial charge is 0.383 e. The average molecular weight is 276 g/mol. The van der Waals surface area contributed by atoms with Crippen molar-refractivity contribution >= 4 is 5.91 Å². The van der Waals surface area contributed by atoms with Crippen LogP contribution < -0.4 is 11.1 Å². The van der Waals surface area contributed by atoms with Crippen molar-refractivity contribution in [2.45, 2.75) is 38.1 Å². The SMILES string of the molecule is COCCNCc1ccc2c(c1)CCC[C@@H]2CC(N)=O. The van der Waals surface area contributed by atoms with E-state index in [0.29, 0.717) is 12.3 Å². The molecule has 2 rings (SSSR count). The number of aryl methyl sites for hydroxylation is 1. The van der Waals surface area contributed by atoms with Gasteiger partial charge in [0.25, 0.3) is 0 Å². The molecule has 0 saturated heterocycles. The molecule has 0 radical (unpaired) electrons. The van der Waals surface area contributed by atoms with Crippen molar-refractivity contribution in [3.05, 3.63) is 34.9 Å². The highest BCUT2D eigenvalue weighted by atomic mass is 16.5. The van der Waals surface area contributed by atoms with Gasteiger partial charge in [-0.1, -0.05) is 18.2 Å². The van der Waals surface area contributed by atoms with Crippen molar-refractivity contribution in [3.63, 3.8) is 0 Å². The maximum absolute atomic E-state index is 11.1. The molecule has 0 aromatic heterocycles. The highest BCUT2D eigenvalue weighted by Crippen LogP contribution is 2.34. The van der Waals surface area contributed by atoms with Gasteiger partial charge in [-0.05, 0) is 41.9 Å². The fourth-order valence-electron chi connectivity index (χ4n) is 2.94. The standard InChI is InChI=1S/C16H24N2O2/c1-20-8-7-18-11-12-5-6-15-13(9-12)3-2-4-14(15)10-16(17)19/h5-6,9,14,18H,2-4,7-8,10-11H2,1H3,(H2,17,19)/t14-/m1/s1. The molecule has 0 unspecified atom stereocenters. The van der Waals surface area contributed by atoms with Gasteiger partial charge in [0, 0.05) is 26.6 Å². The highest BCUT2D eigenvalue weighted by Gasteiger charge is 2.21. The number of methoxy groups -OCH3 is 1. The zero-order chi connectivity index (χ0) is 14.4. The number of hydrogen-bond donors (Lipinski definition) is 2. The number of nitrogens with two attached hydrogens (primary N) is 1. The zero-order valence-corrected chi connectivity index (χ0v) is 12.2. The van der Waals surface area contributed by atoms with Crippen LogP contribution in [0.4, 0.5) is 0 Å². The van der Waals surface area contributed by atoms with Crippen LogP contribution in [-0.4, -0.2) is 26.2 Å². The Bertz CT molecular complexity index is 460. The minimum atomic E-state index is -0.201. The topological polar surface area (TPSA) is 64.3 Å². The Morgan fingerprint density at radius 3 is 3.10 bits per heavy atom. The summed E-state index contributed by atoms with van der Waals surface area (Å²) in [7, 11) is 1.71. The number of carbonyl (C=O) groups excluding carboxylic acids is 1. The van der Waals surface area contributed by atoms with Gasteiger partial charge in [-0.15, -0.1) is 0 Å². The van der Waals surface area contributed by atoms with E-state index in [4.69, 9.17) is 10.5 Å². The van der Waals surface area contributed by atoms with Crippen molar-refractivity contribution in [2.75, 3.05) is 20.3 Å². The summed E-state index contributed by atoms with van der Waals surface area (Å²) in [6.07, 6.45) is 3.79. The molecule has 3 N–H and O–H groups in total. The summed E-state index contributed by atoms with van der Waals surface area (Å²) < 4.78 is 5.02. The second-order valence-corrected chi connectivity index (χ2v) is 5.46. The second kappa shape index (κ2) is 7.41. The van der Waals surface area contributed by atoms with Gasteiger partial charge in [0.05, 0.1) is 6.61 Å². The number of fused-ring (bicyclic) bond motifs is 1. The molecule has 4 nitrogen and oxygen atoms in total. The number of ether oxygens (including phenoxy) is 1. The third-order valence-corrected chi connectivity index (χ3v) is 3.91.